The third-order valence-corrected chi connectivity index (χ3v) is 5.79. The predicted molar refractivity (Wildman–Crippen MR) is 132 cm³/mol. The average Bonchev–Trinajstić information content (AvgIpc) is 3.18. The minimum Gasteiger partial charge on any atom is -0.472 e. The van der Waals surface area contributed by atoms with E-state index in [2.05, 4.69) is 40.8 Å². The van der Waals surface area contributed by atoms with Gasteiger partial charge in [0.05, 0.1) is 6.54 Å². The highest BCUT2D eigenvalue weighted by molar-refractivity contribution is 5.87. The summed E-state index contributed by atoms with van der Waals surface area (Å²) in [5.74, 6) is 2.75. The van der Waals surface area contributed by atoms with Gasteiger partial charge in [-0.1, -0.05) is 72.7 Å². The van der Waals surface area contributed by atoms with E-state index in [1.54, 1.807) is 12.1 Å². The number of rotatable bonds is 7. The number of hydrogen-bond acceptors (Lipinski definition) is 4. The number of fused-ring (bicyclic) bond motifs is 3. The van der Waals surface area contributed by atoms with Crippen LogP contribution in [0.5, 0.6) is 0 Å². The molecule has 0 saturated carbocycles. The van der Waals surface area contributed by atoms with Crippen molar-refractivity contribution in [1.29, 1.82) is 0 Å². The van der Waals surface area contributed by atoms with Crippen molar-refractivity contribution in [2.75, 3.05) is 18.5 Å². The molecule has 0 radical (unpaired) electrons. The van der Waals surface area contributed by atoms with Crippen molar-refractivity contribution in [3.63, 3.8) is 0 Å². The van der Waals surface area contributed by atoms with Gasteiger partial charge in [0.25, 0.3) is 0 Å². The van der Waals surface area contributed by atoms with Gasteiger partial charge in [0.2, 0.25) is 5.91 Å². The first kappa shape index (κ1) is 23.6. The number of carbonyl (C=O) groups is 3. The van der Waals surface area contributed by atoms with Gasteiger partial charge in [-0.3, -0.25) is 10.1 Å². The molecule has 0 spiro atoms. The fourth-order valence-electron chi connectivity index (χ4n) is 4.20. The van der Waals surface area contributed by atoms with Gasteiger partial charge in [-0.25, -0.2) is 9.59 Å². The smallest absolute Gasteiger partial charge is 0.411 e. The summed E-state index contributed by atoms with van der Waals surface area (Å²) in [4.78, 5) is 35.0. The van der Waals surface area contributed by atoms with E-state index in [1.165, 1.54) is 0 Å². The lowest BCUT2D eigenvalue weighted by molar-refractivity contribution is -0.130. The number of amides is 2. The zero-order chi connectivity index (χ0) is 24.6. The van der Waals surface area contributed by atoms with E-state index in [0.29, 0.717) is 12.1 Å². The Kier molecular flexibility index (Phi) is 7.44. The van der Waals surface area contributed by atoms with E-state index in [-0.39, 0.29) is 31.4 Å². The van der Waals surface area contributed by atoms with E-state index < -0.39 is 12.1 Å². The zero-order valence-corrected chi connectivity index (χ0v) is 18.9. The predicted octanol–water partition coefficient (Wildman–Crippen LogP) is 4.18. The second kappa shape index (κ2) is 11.0. The van der Waals surface area contributed by atoms with E-state index in [0.717, 1.165) is 27.8 Å². The highest BCUT2D eigenvalue weighted by atomic mass is 16.5. The molecule has 0 atom stereocenters. The lowest BCUT2D eigenvalue weighted by atomic mass is 9.98. The van der Waals surface area contributed by atoms with Crippen molar-refractivity contribution in [3.8, 4) is 23.0 Å². The van der Waals surface area contributed by atoms with Crippen LogP contribution in [0.15, 0.2) is 72.8 Å². The van der Waals surface area contributed by atoms with Gasteiger partial charge in [0, 0.05) is 23.9 Å². The van der Waals surface area contributed by atoms with Crippen molar-refractivity contribution in [3.05, 3.63) is 89.5 Å². The fraction of sp³-hybridized carbons (Fsp3) is 0.179. The number of para-hydroxylation sites is 1. The molecule has 3 aromatic rings. The van der Waals surface area contributed by atoms with Gasteiger partial charge in [-0.05, 0) is 40.3 Å². The maximum absolute atomic E-state index is 12.6. The number of aryl methyl sites for hydroxylation is 1. The molecule has 0 saturated heterocycles. The summed E-state index contributed by atoms with van der Waals surface area (Å²) < 4.78 is 5.62. The first-order chi connectivity index (χ1) is 17.0. The number of hydrogen-bond donors (Lipinski definition) is 3. The monoisotopic (exact) mass is 468 g/mol. The fourth-order valence-corrected chi connectivity index (χ4v) is 4.20. The van der Waals surface area contributed by atoms with Gasteiger partial charge in [-0.15, -0.1) is 0 Å². The molecule has 35 heavy (non-hydrogen) atoms. The molecule has 7 heteroatoms. The number of nitrogens with one attached hydrogen (secondary N) is 2. The molecule has 7 nitrogen and oxygen atoms in total. The Labute approximate surface area is 203 Å². The van der Waals surface area contributed by atoms with Crippen molar-refractivity contribution in [2.45, 2.75) is 18.8 Å². The Morgan fingerprint density at radius 3 is 2.20 bits per heavy atom. The summed E-state index contributed by atoms with van der Waals surface area (Å²) in [6, 6.07) is 23.5. The van der Waals surface area contributed by atoms with Crippen molar-refractivity contribution < 1.29 is 24.2 Å². The van der Waals surface area contributed by atoms with Crippen LogP contribution in [-0.2, 0) is 20.7 Å². The molecule has 0 heterocycles. The number of anilines is 1. The normalized spacial score (nSPS) is 11.4. The second-order valence-electron chi connectivity index (χ2n) is 7.99. The topological polar surface area (TPSA) is 105 Å². The van der Waals surface area contributed by atoms with E-state index in [4.69, 9.17) is 9.84 Å². The molecule has 176 valence electrons. The molecule has 3 N–H and O–H groups in total. The molecule has 0 aromatic heterocycles. The highest BCUT2D eigenvalue weighted by Crippen LogP contribution is 2.44. The van der Waals surface area contributed by atoms with Crippen LogP contribution in [0.4, 0.5) is 10.5 Å². The number of benzene rings is 3. The Hall–Kier alpha value is -4.57. The summed E-state index contributed by atoms with van der Waals surface area (Å²) in [6.45, 7) is 0.173. The van der Waals surface area contributed by atoms with Crippen LogP contribution >= 0.6 is 0 Å². The lowest BCUT2D eigenvalue weighted by Gasteiger charge is -2.15. The Balaban J connectivity index is 1.34. The maximum atomic E-state index is 12.6. The number of carboxylic acid groups (broad SMARTS) is 1. The van der Waals surface area contributed by atoms with Gasteiger partial charge >= 0.3 is 12.1 Å². The number of carboxylic acids is 1. The van der Waals surface area contributed by atoms with Crippen LogP contribution in [0.1, 0.15) is 29.0 Å². The minimum atomic E-state index is -1.24. The molecular formula is C28H24N2O5. The summed E-state index contributed by atoms with van der Waals surface area (Å²) in [5, 5.41) is 13.8. The third kappa shape index (κ3) is 5.87. The van der Waals surface area contributed by atoms with Crippen LogP contribution < -0.4 is 10.6 Å². The van der Waals surface area contributed by atoms with Gasteiger partial charge in [0.15, 0.2) is 0 Å². The minimum absolute atomic E-state index is 0.0312. The van der Waals surface area contributed by atoms with Crippen LogP contribution in [0, 0.1) is 11.8 Å². The Bertz CT molecular complexity index is 1280. The molecule has 0 aliphatic heterocycles. The van der Waals surface area contributed by atoms with Crippen LogP contribution in [0.3, 0.4) is 0 Å². The highest BCUT2D eigenvalue weighted by Gasteiger charge is 2.29. The Morgan fingerprint density at radius 1 is 0.886 bits per heavy atom. The standard InChI is InChI=1S/C28H24N2O5/c31-26(29-17-7-14-27(32)33)16-15-19-8-1-6-13-25(19)30-28(34)35-18-24-22-11-4-2-9-20(22)21-10-3-5-12-23(21)24/h1-6,8-13,24H,15-18H2,(H,29,31)(H,30,34)(H,32,33). The number of carbonyl (C=O) groups excluding carboxylic acids is 2. The van der Waals surface area contributed by atoms with Crippen molar-refractivity contribution in [1.82, 2.24) is 5.32 Å². The van der Waals surface area contributed by atoms with E-state index >= 15 is 0 Å². The van der Waals surface area contributed by atoms with Crippen LogP contribution in [0.2, 0.25) is 0 Å². The summed E-state index contributed by atoms with van der Waals surface area (Å²) in [5.41, 5.74) is 5.96. The average molecular weight is 469 g/mol. The first-order valence-electron chi connectivity index (χ1n) is 11.2. The molecule has 0 bridgehead atoms. The molecule has 1 aliphatic carbocycles. The molecule has 4 rings (SSSR count). The SMILES string of the molecule is O=C(O)C#CCNC(=O)CCc1ccccc1NC(=O)OCC1c2ccccc2-c2ccccc21. The van der Waals surface area contributed by atoms with Gasteiger partial charge in [0.1, 0.15) is 6.61 Å². The van der Waals surface area contributed by atoms with E-state index in [1.807, 2.05) is 42.3 Å². The van der Waals surface area contributed by atoms with Gasteiger partial charge in [-0.2, -0.15) is 0 Å². The molecule has 3 aromatic carbocycles. The quantitative estimate of drug-likeness (QED) is 0.451. The van der Waals surface area contributed by atoms with E-state index in [9.17, 15) is 14.4 Å². The van der Waals surface area contributed by atoms with Gasteiger partial charge < -0.3 is 15.2 Å². The first-order valence-corrected chi connectivity index (χ1v) is 11.2. The van der Waals surface area contributed by atoms with Crippen molar-refractivity contribution >= 4 is 23.7 Å². The molecule has 0 fully saturated rings. The second-order valence-corrected chi connectivity index (χ2v) is 7.99. The van der Waals surface area contributed by atoms with Crippen molar-refractivity contribution in [2.24, 2.45) is 0 Å². The number of aliphatic carboxylic acids is 1. The lowest BCUT2D eigenvalue weighted by Crippen LogP contribution is -2.24. The third-order valence-electron chi connectivity index (χ3n) is 5.79. The maximum Gasteiger partial charge on any atom is 0.411 e. The molecule has 2 amide bonds. The summed E-state index contributed by atoms with van der Waals surface area (Å²) in [7, 11) is 0. The zero-order valence-electron chi connectivity index (χ0n) is 18.9. The molecule has 1 aliphatic rings. The molecular weight excluding hydrogens is 444 g/mol. The largest absolute Gasteiger partial charge is 0.472 e. The summed E-state index contributed by atoms with van der Waals surface area (Å²) >= 11 is 0. The Morgan fingerprint density at radius 2 is 1.51 bits per heavy atom. The van der Waals surface area contributed by atoms with Crippen LogP contribution in [-0.4, -0.2) is 36.2 Å². The van der Waals surface area contributed by atoms with Crippen LogP contribution in [0.25, 0.3) is 11.1 Å². The molecule has 0 unspecified atom stereocenters. The summed E-state index contributed by atoms with van der Waals surface area (Å²) in [6.07, 6.45) is -0.0106. The number of ether oxygens (including phenoxy) is 1.